The summed E-state index contributed by atoms with van der Waals surface area (Å²) in [4.78, 5) is 17.4. The number of aliphatic imine (C=N–C) groups is 1. The maximum atomic E-state index is 11.2. The zero-order valence-corrected chi connectivity index (χ0v) is 10.6. The first kappa shape index (κ1) is 13.2. The van der Waals surface area contributed by atoms with Crippen LogP contribution < -0.4 is 5.73 Å². The highest BCUT2D eigenvalue weighted by Gasteiger charge is 2.15. The van der Waals surface area contributed by atoms with Crippen molar-refractivity contribution in [3.8, 4) is 0 Å². The van der Waals surface area contributed by atoms with E-state index in [0.29, 0.717) is 12.5 Å². The van der Waals surface area contributed by atoms with Gasteiger partial charge in [0, 0.05) is 24.6 Å². The molecule has 1 atom stereocenters. The predicted molar refractivity (Wildman–Crippen MR) is 66.6 cm³/mol. The van der Waals surface area contributed by atoms with Crippen molar-refractivity contribution in [2.75, 3.05) is 38.2 Å². The van der Waals surface area contributed by atoms with Crippen molar-refractivity contribution < 1.29 is 9.53 Å². The van der Waals surface area contributed by atoms with Crippen LogP contribution in [-0.2, 0) is 9.53 Å². The molecule has 1 heterocycles. The lowest BCUT2D eigenvalue weighted by molar-refractivity contribution is -0.144. The van der Waals surface area contributed by atoms with Crippen molar-refractivity contribution in [2.24, 2.45) is 16.6 Å². The highest BCUT2D eigenvalue weighted by atomic mass is 32.2. The number of nitrogens with two attached hydrogens (primary N) is 1. The van der Waals surface area contributed by atoms with E-state index >= 15 is 0 Å². The van der Waals surface area contributed by atoms with Gasteiger partial charge < -0.3 is 15.4 Å². The van der Waals surface area contributed by atoms with Crippen molar-refractivity contribution in [1.82, 2.24) is 4.90 Å². The molecule has 0 aliphatic carbocycles. The number of hydrogen-bond donors (Lipinski definition) is 1. The van der Waals surface area contributed by atoms with Crippen LogP contribution in [0.3, 0.4) is 0 Å². The Kier molecular flexibility index (Phi) is 5.45. The summed E-state index contributed by atoms with van der Waals surface area (Å²) in [6.07, 6.45) is 0. The fraction of sp³-hybridized carbons (Fsp3) is 0.800. The van der Waals surface area contributed by atoms with Crippen LogP contribution in [-0.4, -0.2) is 55.1 Å². The molecule has 1 aliphatic rings. The number of rotatable bonds is 3. The van der Waals surface area contributed by atoms with Crippen LogP contribution in [0, 0.1) is 5.92 Å². The molecule has 2 N–H and O–H groups in total. The van der Waals surface area contributed by atoms with Crippen molar-refractivity contribution in [2.45, 2.75) is 6.92 Å². The average Bonchev–Trinajstić information content (AvgIpc) is 2.35. The summed E-state index contributed by atoms with van der Waals surface area (Å²) >= 11 is 1.92. The van der Waals surface area contributed by atoms with Crippen LogP contribution in [0.4, 0.5) is 0 Å². The average molecular weight is 245 g/mol. The smallest absolute Gasteiger partial charge is 0.310 e. The number of methoxy groups -OCH3 is 1. The Morgan fingerprint density at radius 3 is 2.75 bits per heavy atom. The normalized spacial score (nSPS) is 19.4. The fourth-order valence-electron chi connectivity index (χ4n) is 1.40. The number of guanidine groups is 1. The summed E-state index contributed by atoms with van der Waals surface area (Å²) < 4.78 is 4.62. The highest BCUT2D eigenvalue weighted by molar-refractivity contribution is 7.99. The molecule has 0 spiro atoms. The number of carbonyl (C=O) groups excluding carboxylic acids is 1. The van der Waals surface area contributed by atoms with Crippen LogP contribution in [0.5, 0.6) is 0 Å². The van der Waals surface area contributed by atoms with E-state index in [1.54, 1.807) is 6.92 Å². The van der Waals surface area contributed by atoms with E-state index in [0.717, 1.165) is 24.6 Å². The number of esters is 1. The number of ether oxygens (including phenoxy) is 1. The van der Waals surface area contributed by atoms with E-state index in [9.17, 15) is 4.79 Å². The Morgan fingerprint density at radius 1 is 1.56 bits per heavy atom. The molecule has 0 radical (unpaired) electrons. The molecule has 0 bridgehead atoms. The lowest BCUT2D eigenvalue weighted by atomic mass is 10.2. The van der Waals surface area contributed by atoms with Gasteiger partial charge >= 0.3 is 5.97 Å². The van der Waals surface area contributed by atoms with Gasteiger partial charge in [-0.3, -0.25) is 9.79 Å². The third-order valence-electron chi connectivity index (χ3n) is 2.47. The minimum absolute atomic E-state index is 0.234. The molecule has 1 aliphatic heterocycles. The van der Waals surface area contributed by atoms with Gasteiger partial charge in [-0.1, -0.05) is 6.92 Å². The first-order valence-corrected chi connectivity index (χ1v) is 6.51. The summed E-state index contributed by atoms with van der Waals surface area (Å²) in [5.41, 5.74) is 5.85. The molecule has 16 heavy (non-hydrogen) atoms. The molecule has 0 amide bonds. The number of thioether (sulfide) groups is 1. The molecule has 6 heteroatoms. The van der Waals surface area contributed by atoms with E-state index in [2.05, 4.69) is 14.6 Å². The van der Waals surface area contributed by atoms with E-state index < -0.39 is 0 Å². The van der Waals surface area contributed by atoms with Crippen LogP contribution in [0.25, 0.3) is 0 Å². The summed E-state index contributed by atoms with van der Waals surface area (Å²) in [6, 6.07) is 0. The minimum Gasteiger partial charge on any atom is -0.469 e. The lowest BCUT2D eigenvalue weighted by Gasteiger charge is -2.27. The van der Waals surface area contributed by atoms with Crippen LogP contribution in [0.15, 0.2) is 4.99 Å². The molecule has 1 saturated heterocycles. The van der Waals surface area contributed by atoms with E-state index in [-0.39, 0.29) is 11.9 Å². The number of nitrogens with zero attached hydrogens (tertiary/aromatic N) is 2. The highest BCUT2D eigenvalue weighted by Crippen LogP contribution is 2.08. The van der Waals surface area contributed by atoms with Gasteiger partial charge in [-0.25, -0.2) is 0 Å². The van der Waals surface area contributed by atoms with Gasteiger partial charge in [0.05, 0.1) is 19.6 Å². The molecule has 1 rings (SSSR count). The summed E-state index contributed by atoms with van der Waals surface area (Å²) in [5.74, 6) is 2.23. The van der Waals surface area contributed by atoms with E-state index in [4.69, 9.17) is 5.73 Å². The molecule has 92 valence electrons. The van der Waals surface area contributed by atoms with Gasteiger partial charge in [-0.05, 0) is 0 Å². The molecule has 0 aromatic heterocycles. The molecule has 5 nitrogen and oxygen atoms in total. The molecule has 1 unspecified atom stereocenters. The molecular weight excluding hydrogens is 226 g/mol. The third-order valence-corrected chi connectivity index (χ3v) is 3.41. The standard InChI is InChI=1S/C10H19N3O2S/c1-8(9(14)15-2)7-12-10(11)13-3-5-16-6-4-13/h8H,3-7H2,1-2H3,(H2,11,12). The van der Waals surface area contributed by atoms with E-state index in [1.807, 2.05) is 11.8 Å². The van der Waals surface area contributed by atoms with Gasteiger partial charge in [0.25, 0.3) is 0 Å². The third kappa shape index (κ3) is 3.92. The molecule has 1 fully saturated rings. The molecular formula is C10H19N3O2S. The number of hydrogen-bond acceptors (Lipinski definition) is 4. The van der Waals surface area contributed by atoms with Crippen molar-refractivity contribution >= 4 is 23.7 Å². The second-order valence-corrected chi connectivity index (χ2v) is 4.95. The maximum Gasteiger partial charge on any atom is 0.310 e. The molecule has 0 saturated carbocycles. The Bertz CT molecular complexity index is 265. The van der Waals surface area contributed by atoms with Crippen molar-refractivity contribution in [3.63, 3.8) is 0 Å². The van der Waals surface area contributed by atoms with Gasteiger partial charge in [0.15, 0.2) is 5.96 Å². The first-order valence-electron chi connectivity index (χ1n) is 5.35. The predicted octanol–water partition coefficient (Wildman–Crippen LogP) is 0.159. The molecule has 0 aromatic carbocycles. The lowest BCUT2D eigenvalue weighted by Crippen LogP contribution is -2.43. The number of carbonyl (C=O) groups is 1. The second kappa shape index (κ2) is 6.62. The van der Waals surface area contributed by atoms with Crippen molar-refractivity contribution in [3.05, 3.63) is 0 Å². The van der Waals surface area contributed by atoms with E-state index in [1.165, 1.54) is 7.11 Å². The van der Waals surface area contributed by atoms with Gasteiger partial charge in [-0.15, -0.1) is 0 Å². The maximum absolute atomic E-state index is 11.2. The zero-order chi connectivity index (χ0) is 12.0. The SMILES string of the molecule is COC(=O)C(C)CN=C(N)N1CCSCC1. The van der Waals surface area contributed by atoms with Crippen LogP contribution in [0.2, 0.25) is 0 Å². The Labute approximate surface area is 100 Å². The summed E-state index contributed by atoms with van der Waals surface area (Å²) in [6.45, 7) is 4.05. The summed E-state index contributed by atoms with van der Waals surface area (Å²) in [5, 5.41) is 0. The van der Waals surface area contributed by atoms with Gasteiger partial charge in [0.2, 0.25) is 0 Å². The summed E-state index contributed by atoms with van der Waals surface area (Å²) in [7, 11) is 1.38. The monoisotopic (exact) mass is 245 g/mol. The van der Waals surface area contributed by atoms with Crippen LogP contribution in [0.1, 0.15) is 6.92 Å². The largest absolute Gasteiger partial charge is 0.469 e. The first-order chi connectivity index (χ1) is 7.65. The second-order valence-electron chi connectivity index (χ2n) is 3.72. The quantitative estimate of drug-likeness (QED) is 0.436. The topological polar surface area (TPSA) is 67.9 Å². The molecule has 0 aromatic rings. The van der Waals surface area contributed by atoms with Crippen molar-refractivity contribution in [1.29, 1.82) is 0 Å². The van der Waals surface area contributed by atoms with Crippen LogP contribution >= 0.6 is 11.8 Å². The fourth-order valence-corrected chi connectivity index (χ4v) is 2.30. The Balaban J connectivity index is 2.40. The van der Waals surface area contributed by atoms with Gasteiger partial charge in [-0.2, -0.15) is 11.8 Å². The Morgan fingerprint density at radius 2 is 2.19 bits per heavy atom. The minimum atomic E-state index is -0.245. The Hall–Kier alpha value is -0.910. The zero-order valence-electron chi connectivity index (χ0n) is 9.81. The van der Waals surface area contributed by atoms with Gasteiger partial charge in [0.1, 0.15) is 0 Å².